The number of nitrogens with one attached hydrogen (secondary N) is 1. The smallest absolute Gasteiger partial charge is 0.254 e. The van der Waals surface area contributed by atoms with Crippen molar-refractivity contribution in [2.75, 3.05) is 0 Å². The normalized spacial score (nSPS) is 10.5. The lowest BCUT2D eigenvalue weighted by atomic mass is 10.0. The summed E-state index contributed by atoms with van der Waals surface area (Å²) in [6.45, 7) is 0. The molecule has 0 spiro atoms. The third-order valence-corrected chi connectivity index (χ3v) is 2.57. The minimum absolute atomic E-state index is 0.0805. The average molecular weight is 253 g/mol. The Bertz CT molecular complexity index is 687. The summed E-state index contributed by atoms with van der Waals surface area (Å²) in [4.78, 5) is 11.1. The number of amides is 1. The number of hydrogen-bond donors (Lipinski definition) is 2. The van der Waals surface area contributed by atoms with Gasteiger partial charge in [0.2, 0.25) is 0 Å². The first-order chi connectivity index (χ1) is 9.22. The van der Waals surface area contributed by atoms with Crippen LogP contribution in [-0.4, -0.2) is 17.2 Å². The molecule has 0 saturated carbocycles. The van der Waals surface area contributed by atoms with Crippen LogP contribution >= 0.6 is 0 Å². The van der Waals surface area contributed by atoms with Gasteiger partial charge in [0.1, 0.15) is 12.2 Å². The van der Waals surface area contributed by atoms with E-state index in [9.17, 15) is 9.90 Å². The highest BCUT2D eigenvalue weighted by Gasteiger charge is 2.04. The number of carbonyl (C=O) groups excluding carboxylic acids is 1. The maximum atomic E-state index is 11.1. The molecule has 2 rings (SSSR count). The highest BCUT2D eigenvalue weighted by Crippen LogP contribution is 2.25. The number of carbonyl (C=O) groups is 1. The van der Waals surface area contributed by atoms with Gasteiger partial charge in [0.25, 0.3) is 5.91 Å². The van der Waals surface area contributed by atoms with Crippen molar-refractivity contribution in [1.82, 2.24) is 5.43 Å². The van der Waals surface area contributed by atoms with E-state index >= 15 is 0 Å². The summed E-state index contributed by atoms with van der Waals surface area (Å²) in [6, 6.07) is 12.6. The Morgan fingerprint density at radius 1 is 1.37 bits per heavy atom. The molecule has 0 atom stereocenters. The molecule has 0 bridgehead atoms. The quantitative estimate of drug-likeness (QED) is 0.647. The SMILES string of the molecule is N#CCC(=O)NN=Cc1c(O)ccc2ccccc12. The van der Waals surface area contributed by atoms with Crippen molar-refractivity contribution >= 4 is 22.9 Å². The molecule has 2 N–H and O–H groups in total. The van der Waals surface area contributed by atoms with Gasteiger partial charge in [0.15, 0.2) is 0 Å². The number of hydrogen-bond acceptors (Lipinski definition) is 4. The molecule has 0 aromatic heterocycles. The van der Waals surface area contributed by atoms with Gasteiger partial charge in [-0.1, -0.05) is 30.3 Å². The van der Waals surface area contributed by atoms with E-state index in [0.29, 0.717) is 5.56 Å². The second-order valence-electron chi connectivity index (χ2n) is 3.85. The van der Waals surface area contributed by atoms with Crippen LogP contribution in [-0.2, 0) is 4.79 Å². The number of rotatable bonds is 3. The number of hydrazone groups is 1. The molecule has 94 valence electrons. The van der Waals surface area contributed by atoms with Crippen LogP contribution in [0.3, 0.4) is 0 Å². The van der Waals surface area contributed by atoms with Gasteiger partial charge in [0.05, 0.1) is 12.3 Å². The monoisotopic (exact) mass is 253 g/mol. The molecule has 2 aromatic rings. The average Bonchev–Trinajstić information content (AvgIpc) is 2.41. The van der Waals surface area contributed by atoms with Crippen molar-refractivity contribution < 1.29 is 9.90 Å². The highest BCUT2D eigenvalue weighted by atomic mass is 16.3. The van der Waals surface area contributed by atoms with Gasteiger partial charge in [-0.2, -0.15) is 10.4 Å². The van der Waals surface area contributed by atoms with Crippen LogP contribution in [0.25, 0.3) is 10.8 Å². The minimum atomic E-state index is -0.488. The zero-order valence-electron chi connectivity index (χ0n) is 10.00. The van der Waals surface area contributed by atoms with E-state index in [2.05, 4.69) is 10.5 Å². The number of nitrogens with zero attached hydrogens (tertiary/aromatic N) is 2. The molecule has 1 amide bonds. The fourth-order valence-electron chi connectivity index (χ4n) is 1.70. The molecule has 0 fully saturated rings. The second kappa shape index (κ2) is 5.65. The molecule has 0 saturated heterocycles. The van der Waals surface area contributed by atoms with Crippen molar-refractivity contribution in [2.24, 2.45) is 5.10 Å². The molecule has 0 aliphatic rings. The van der Waals surface area contributed by atoms with Gasteiger partial charge >= 0.3 is 0 Å². The predicted octanol–water partition coefficient (Wildman–Crippen LogP) is 1.91. The predicted molar refractivity (Wildman–Crippen MR) is 71.6 cm³/mol. The molecular formula is C14H11N3O2. The zero-order chi connectivity index (χ0) is 13.7. The van der Waals surface area contributed by atoms with Crippen LogP contribution in [0.5, 0.6) is 5.75 Å². The fourth-order valence-corrected chi connectivity index (χ4v) is 1.70. The van der Waals surface area contributed by atoms with E-state index in [4.69, 9.17) is 5.26 Å². The second-order valence-corrected chi connectivity index (χ2v) is 3.85. The molecule has 0 aliphatic carbocycles. The Labute approximate surface area is 109 Å². The largest absolute Gasteiger partial charge is 0.507 e. The summed E-state index contributed by atoms with van der Waals surface area (Å²) < 4.78 is 0. The van der Waals surface area contributed by atoms with Crippen molar-refractivity contribution in [3.8, 4) is 11.8 Å². The molecule has 0 heterocycles. The van der Waals surface area contributed by atoms with Gasteiger partial charge in [-0.05, 0) is 16.8 Å². The highest BCUT2D eigenvalue weighted by molar-refractivity contribution is 6.02. The van der Waals surface area contributed by atoms with Gasteiger partial charge in [-0.3, -0.25) is 4.79 Å². The van der Waals surface area contributed by atoms with E-state index in [-0.39, 0.29) is 12.2 Å². The maximum absolute atomic E-state index is 11.1. The standard InChI is InChI=1S/C14H11N3O2/c15-8-7-14(19)17-16-9-12-11-4-2-1-3-10(11)5-6-13(12)18/h1-6,9,18H,7H2,(H,17,19). The van der Waals surface area contributed by atoms with E-state index < -0.39 is 5.91 Å². The number of nitriles is 1. The lowest BCUT2D eigenvalue weighted by molar-refractivity contribution is -0.120. The van der Waals surface area contributed by atoms with Crippen LogP contribution in [0, 0.1) is 11.3 Å². The number of phenolic OH excluding ortho intramolecular Hbond substituents is 1. The molecule has 0 aliphatic heterocycles. The Morgan fingerprint density at radius 3 is 2.95 bits per heavy atom. The summed E-state index contributed by atoms with van der Waals surface area (Å²) in [5.74, 6) is -0.407. The molecule has 5 nitrogen and oxygen atoms in total. The summed E-state index contributed by atoms with van der Waals surface area (Å²) in [5.41, 5.74) is 2.74. The Morgan fingerprint density at radius 2 is 2.16 bits per heavy atom. The molecule has 0 radical (unpaired) electrons. The Kier molecular flexibility index (Phi) is 3.74. The van der Waals surface area contributed by atoms with Crippen LogP contribution in [0.1, 0.15) is 12.0 Å². The third kappa shape index (κ3) is 2.87. The lowest BCUT2D eigenvalue weighted by Gasteiger charge is -2.04. The van der Waals surface area contributed by atoms with Crippen molar-refractivity contribution in [3.63, 3.8) is 0 Å². The molecular weight excluding hydrogens is 242 g/mol. The zero-order valence-corrected chi connectivity index (χ0v) is 10.00. The summed E-state index contributed by atoms with van der Waals surface area (Å²) in [7, 11) is 0. The lowest BCUT2D eigenvalue weighted by Crippen LogP contribution is -2.16. The molecule has 0 unspecified atom stereocenters. The van der Waals surface area contributed by atoms with Crippen molar-refractivity contribution in [2.45, 2.75) is 6.42 Å². The minimum Gasteiger partial charge on any atom is -0.507 e. The Balaban J connectivity index is 2.30. The topological polar surface area (TPSA) is 85.5 Å². The van der Waals surface area contributed by atoms with E-state index in [1.165, 1.54) is 6.21 Å². The Hall–Kier alpha value is -2.87. The van der Waals surface area contributed by atoms with Crippen LogP contribution in [0.4, 0.5) is 0 Å². The summed E-state index contributed by atoms with van der Waals surface area (Å²) in [5, 5.41) is 23.7. The van der Waals surface area contributed by atoms with E-state index in [0.717, 1.165) is 10.8 Å². The number of fused-ring (bicyclic) bond motifs is 1. The number of benzene rings is 2. The fraction of sp³-hybridized carbons (Fsp3) is 0.0714. The van der Waals surface area contributed by atoms with Crippen LogP contribution in [0.15, 0.2) is 41.5 Å². The van der Waals surface area contributed by atoms with Crippen LogP contribution < -0.4 is 5.43 Å². The maximum Gasteiger partial charge on any atom is 0.254 e. The third-order valence-electron chi connectivity index (χ3n) is 2.57. The van der Waals surface area contributed by atoms with E-state index in [1.54, 1.807) is 18.2 Å². The van der Waals surface area contributed by atoms with E-state index in [1.807, 2.05) is 24.3 Å². The van der Waals surface area contributed by atoms with Gasteiger partial charge in [0, 0.05) is 5.56 Å². The van der Waals surface area contributed by atoms with Gasteiger partial charge in [-0.25, -0.2) is 5.43 Å². The van der Waals surface area contributed by atoms with Crippen molar-refractivity contribution in [1.29, 1.82) is 5.26 Å². The first kappa shape index (κ1) is 12.6. The summed E-state index contributed by atoms with van der Waals surface area (Å²) in [6.07, 6.45) is 1.12. The molecule has 19 heavy (non-hydrogen) atoms. The molecule has 2 aromatic carbocycles. The first-order valence-electron chi connectivity index (χ1n) is 5.62. The van der Waals surface area contributed by atoms with Gasteiger partial charge < -0.3 is 5.11 Å². The molecule has 5 heteroatoms. The first-order valence-corrected chi connectivity index (χ1v) is 5.62. The van der Waals surface area contributed by atoms with Crippen molar-refractivity contribution in [3.05, 3.63) is 42.0 Å². The summed E-state index contributed by atoms with van der Waals surface area (Å²) >= 11 is 0. The number of phenols is 1. The van der Waals surface area contributed by atoms with Gasteiger partial charge in [-0.15, -0.1) is 0 Å². The van der Waals surface area contributed by atoms with Crippen LogP contribution in [0.2, 0.25) is 0 Å². The number of aromatic hydroxyl groups is 1.